The zero-order valence-corrected chi connectivity index (χ0v) is 7.17. The Bertz CT molecular complexity index is 384. The van der Waals surface area contributed by atoms with E-state index < -0.39 is 6.43 Å². The lowest BCUT2D eigenvalue weighted by Crippen LogP contribution is -2.05. The number of nitriles is 1. The first kappa shape index (κ1) is 10.2. The Hall–Kier alpha value is -1.90. The Balaban J connectivity index is 3.21. The van der Waals surface area contributed by atoms with Gasteiger partial charge in [0, 0.05) is 5.56 Å². The number of rotatable bonds is 2. The van der Waals surface area contributed by atoms with Crippen molar-refractivity contribution >= 4 is 11.6 Å². The number of hydrogen-bond donors (Lipinski definition) is 2. The van der Waals surface area contributed by atoms with E-state index in [0.717, 1.165) is 6.07 Å². The highest BCUT2D eigenvalue weighted by molar-refractivity contribution is 5.52. The summed E-state index contributed by atoms with van der Waals surface area (Å²) >= 11 is 0. The molecule has 1 rings (SSSR count). The fraction of sp³-hybridized carbons (Fsp3) is 0.250. The summed E-state index contributed by atoms with van der Waals surface area (Å²) in [6.07, 6.45) is -2.76. The van der Waals surface area contributed by atoms with Crippen LogP contribution in [0.5, 0.6) is 0 Å². The van der Waals surface area contributed by atoms with E-state index in [1.165, 1.54) is 0 Å². The maximum Gasteiger partial charge on any atom is 0.267 e. The maximum absolute atomic E-state index is 12.3. The Morgan fingerprint density at radius 2 is 2.07 bits per heavy atom. The number of halogens is 2. The largest absolute Gasteiger partial charge is 0.383 e. The molecule has 1 aromatic heterocycles. The molecule has 0 bridgehead atoms. The summed E-state index contributed by atoms with van der Waals surface area (Å²) in [6, 6.07) is 2.92. The molecule has 0 saturated heterocycles. The van der Waals surface area contributed by atoms with E-state index in [-0.39, 0.29) is 29.2 Å². The van der Waals surface area contributed by atoms with Crippen LogP contribution in [0.15, 0.2) is 6.07 Å². The van der Waals surface area contributed by atoms with E-state index >= 15 is 0 Å². The molecule has 0 radical (unpaired) electrons. The van der Waals surface area contributed by atoms with Crippen molar-refractivity contribution in [3.8, 4) is 6.07 Å². The van der Waals surface area contributed by atoms with Crippen LogP contribution in [0, 0.1) is 11.3 Å². The van der Waals surface area contributed by atoms with Gasteiger partial charge in [0.1, 0.15) is 11.6 Å². The SMILES string of the molecule is N#CCc1cc(C(F)F)c(N)nc1N. The predicted octanol–water partition coefficient (Wildman–Crippen LogP) is 1.25. The molecule has 0 amide bonds. The second kappa shape index (κ2) is 3.87. The highest BCUT2D eigenvalue weighted by atomic mass is 19.3. The third kappa shape index (κ3) is 1.88. The van der Waals surface area contributed by atoms with E-state index in [2.05, 4.69) is 4.98 Å². The van der Waals surface area contributed by atoms with Crippen molar-refractivity contribution < 1.29 is 8.78 Å². The lowest BCUT2D eigenvalue weighted by atomic mass is 10.1. The number of alkyl halides is 2. The molecular formula is C8H8F2N4. The summed E-state index contributed by atoms with van der Waals surface area (Å²) in [5.41, 5.74) is 10.5. The molecule has 0 saturated carbocycles. The normalized spacial score (nSPS) is 10.1. The van der Waals surface area contributed by atoms with Gasteiger partial charge >= 0.3 is 0 Å². The van der Waals surface area contributed by atoms with E-state index in [4.69, 9.17) is 16.7 Å². The average Bonchev–Trinajstić information content (AvgIpc) is 2.09. The molecule has 0 unspecified atom stereocenters. The van der Waals surface area contributed by atoms with Crippen molar-refractivity contribution in [1.82, 2.24) is 4.98 Å². The van der Waals surface area contributed by atoms with Crippen molar-refractivity contribution in [1.29, 1.82) is 5.26 Å². The van der Waals surface area contributed by atoms with Crippen LogP contribution < -0.4 is 11.5 Å². The first-order valence-electron chi connectivity index (χ1n) is 3.76. The fourth-order valence-electron chi connectivity index (χ4n) is 1.00. The lowest BCUT2D eigenvalue weighted by Gasteiger charge is -2.07. The second-order valence-corrected chi connectivity index (χ2v) is 2.64. The van der Waals surface area contributed by atoms with Gasteiger partial charge in [-0.15, -0.1) is 0 Å². The molecule has 0 aliphatic rings. The van der Waals surface area contributed by atoms with Gasteiger partial charge in [-0.25, -0.2) is 13.8 Å². The highest BCUT2D eigenvalue weighted by Gasteiger charge is 2.15. The van der Waals surface area contributed by atoms with Crippen LogP contribution in [0.25, 0.3) is 0 Å². The summed E-state index contributed by atoms with van der Waals surface area (Å²) < 4.78 is 24.7. The molecule has 74 valence electrons. The third-order valence-electron chi connectivity index (χ3n) is 1.70. The lowest BCUT2D eigenvalue weighted by molar-refractivity contribution is 0.152. The van der Waals surface area contributed by atoms with E-state index in [0.29, 0.717) is 0 Å². The Kier molecular flexibility index (Phi) is 2.82. The number of anilines is 2. The summed E-state index contributed by atoms with van der Waals surface area (Å²) in [5.74, 6) is -0.271. The molecule has 0 spiro atoms. The average molecular weight is 198 g/mol. The molecular weight excluding hydrogens is 190 g/mol. The van der Waals surface area contributed by atoms with Crippen molar-refractivity contribution in [2.24, 2.45) is 0 Å². The molecule has 14 heavy (non-hydrogen) atoms. The van der Waals surface area contributed by atoms with Crippen molar-refractivity contribution in [2.45, 2.75) is 12.8 Å². The summed E-state index contributed by atoms with van der Waals surface area (Å²) in [4.78, 5) is 3.54. The maximum atomic E-state index is 12.3. The molecule has 6 heteroatoms. The molecule has 1 aromatic rings. The molecule has 0 aliphatic carbocycles. The molecule has 0 atom stereocenters. The summed E-state index contributed by atoms with van der Waals surface area (Å²) in [7, 11) is 0. The number of nitrogens with zero attached hydrogens (tertiary/aromatic N) is 2. The first-order valence-corrected chi connectivity index (χ1v) is 3.76. The van der Waals surface area contributed by atoms with Gasteiger partial charge in [0.25, 0.3) is 6.43 Å². The van der Waals surface area contributed by atoms with Crippen LogP contribution in [0.3, 0.4) is 0 Å². The molecule has 0 fully saturated rings. The van der Waals surface area contributed by atoms with Crippen LogP contribution in [0.2, 0.25) is 0 Å². The van der Waals surface area contributed by atoms with Crippen molar-refractivity contribution in [3.05, 3.63) is 17.2 Å². The fourth-order valence-corrected chi connectivity index (χ4v) is 1.00. The van der Waals surface area contributed by atoms with Gasteiger partial charge in [0.15, 0.2) is 0 Å². The minimum atomic E-state index is -2.71. The van der Waals surface area contributed by atoms with Crippen LogP contribution >= 0.6 is 0 Å². The first-order chi connectivity index (χ1) is 6.56. The molecule has 0 aromatic carbocycles. The van der Waals surface area contributed by atoms with Crippen LogP contribution in [-0.4, -0.2) is 4.98 Å². The quantitative estimate of drug-likeness (QED) is 0.748. The zero-order chi connectivity index (χ0) is 10.7. The second-order valence-electron chi connectivity index (χ2n) is 2.64. The van der Waals surface area contributed by atoms with Crippen LogP contribution in [-0.2, 0) is 6.42 Å². The van der Waals surface area contributed by atoms with Gasteiger partial charge in [-0.1, -0.05) is 0 Å². The third-order valence-corrected chi connectivity index (χ3v) is 1.70. The monoisotopic (exact) mass is 198 g/mol. The van der Waals surface area contributed by atoms with Gasteiger partial charge in [-0.3, -0.25) is 0 Å². The zero-order valence-electron chi connectivity index (χ0n) is 7.17. The van der Waals surface area contributed by atoms with E-state index in [9.17, 15) is 8.78 Å². The number of nitrogen functional groups attached to an aromatic ring is 2. The van der Waals surface area contributed by atoms with Gasteiger partial charge in [0.05, 0.1) is 18.1 Å². The highest BCUT2D eigenvalue weighted by Crippen LogP contribution is 2.26. The minimum Gasteiger partial charge on any atom is -0.383 e. The van der Waals surface area contributed by atoms with Crippen LogP contribution in [0.4, 0.5) is 20.4 Å². The van der Waals surface area contributed by atoms with Crippen molar-refractivity contribution in [3.63, 3.8) is 0 Å². The summed E-state index contributed by atoms with van der Waals surface area (Å²) in [6.45, 7) is 0. The summed E-state index contributed by atoms with van der Waals surface area (Å²) in [5, 5.41) is 8.39. The number of pyridine rings is 1. The van der Waals surface area contributed by atoms with Gasteiger partial charge in [-0.05, 0) is 6.07 Å². The van der Waals surface area contributed by atoms with Gasteiger partial charge < -0.3 is 11.5 Å². The molecule has 4 nitrogen and oxygen atoms in total. The Labute approximate surface area is 79.1 Å². The Morgan fingerprint density at radius 3 is 2.57 bits per heavy atom. The minimum absolute atomic E-state index is 0.0217. The topological polar surface area (TPSA) is 88.7 Å². The van der Waals surface area contributed by atoms with E-state index in [1.807, 2.05) is 0 Å². The number of hydrogen-bond acceptors (Lipinski definition) is 4. The van der Waals surface area contributed by atoms with Crippen molar-refractivity contribution in [2.75, 3.05) is 11.5 Å². The molecule has 1 heterocycles. The van der Waals surface area contributed by atoms with Crippen LogP contribution in [0.1, 0.15) is 17.6 Å². The molecule has 4 N–H and O–H groups in total. The number of aromatic nitrogens is 1. The predicted molar refractivity (Wildman–Crippen MR) is 47.3 cm³/mol. The van der Waals surface area contributed by atoms with Gasteiger partial charge in [0.2, 0.25) is 0 Å². The molecule has 0 aliphatic heterocycles. The van der Waals surface area contributed by atoms with Gasteiger partial charge in [-0.2, -0.15) is 5.26 Å². The van der Waals surface area contributed by atoms with E-state index in [1.54, 1.807) is 6.07 Å². The smallest absolute Gasteiger partial charge is 0.267 e. The standard InChI is InChI=1S/C8H8F2N4/c9-6(10)5-3-4(1-2-11)7(12)14-8(5)13/h3,6H,1H2,(H4,12,13,14). The Morgan fingerprint density at radius 1 is 1.43 bits per heavy atom. The number of nitrogens with two attached hydrogens (primary N) is 2.